The Morgan fingerprint density at radius 1 is 1.36 bits per heavy atom. The number of hydrogen-bond donors (Lipinski definition) is 2. The highest BCUT2D eigenvalue weighted by molar-refractivity contribution is 7.11. The molecule has 0 saturated carbocycles. The average Bonchev–Trinajstić information content (AvgIpc) is 2.86. The molecule has 0 spiro atoms. The van der Waals surface area contributed by atoms with Crippen LogP contribution in [0.5, 0.6) is 0 Å². The van der Waals surface area contributed by atoms with Gasteiger partial charge >= 0.3 is 6.03 Å². The van der Waals surface area contributed by atoms with Gasteiger partial charge in [0.2, 0.25) is 0 Å². The summed E-state index contributed by atoms with van der Waals surface area (Å²) in [6.45, 7) is 6.56. The molecule has 1 atom stereocenters. The number of aliphatic hydroxyl groups excluding tert-OH is 1. The molecule has 0 bridgehead atoms. The van der Waals surface area contributed by atoms with Crippen molar-refractivity contribution in [3.63, 3.8) is 0 Å². The minimum absolute atomic E-state index is 0.0711. The lowest BCUT2D eigenvalue weighted by Crippen LogP contribution is -2.47. The number of nitrogens with one attached hydrogen (secondary N) is 1. The molecule has 2 N–H and O–H groups in total. The van der Waals surface area contributed by atoms with Crippen molar-refractivity contribution in [3.8, 4) is 0 Å². The van der Waals surface area contributed by atoms with Crippen molar-refractivity contribution in [1.29, 1.82) is 0 Å². The second kappa shape index (κ2) is 7.92. The van der Waals surface area contributed by atoms with Crippen LogP contribution >= 0.6 is 11.3 Å². The van der Waals surface area contributed by atoms with Crippen molar-refractivity contribution in [1.82, 2.24) is 15.2 Å². The number of aryl methyl sites for hydroxylation is 2. The van der Waals surface area contributed by atoms with Crippen LogP contribution in [0.15, 0.2) is 0 Å². The third kappa shape index (κ3) is 4.68. The molecule has 1 aliphatic rings. The number of thiazole rings is 1. The molecule has 0 saturated heterocycles. The van der Waals surface area contributed by atoms with Crippen LogP contribution in [0.1, 0.15) is 49.2 Å². The number of aliphatic hydroxyl groups is 1. The largest absolute Gasteiger partial charge is 0.392 e. The summed E-state index contributed by atoms with van der Waals surface area (Å²) in [6, 6.07) is -0.0426. The molecule has 1 aromatic heterocycles. The van der Waals surface area contributed by atoms with E-state index in [-0.39, 0.29) is 12.1 Å². The summed E-state index contributed by atoms with van der Waals surface area (Å²) in [4.78, 5) is 20.0. The molecule has 1 heterocycles. The number of rotatable bonds is 6. The first-order chi connectivity index (χ1) is 10.5. The van der Waals surface area contributed by atoms with Crippen molar-refractivity contribution < 1.29 is 9.90 Å². The predicted octanol–water partition coefficient (Wildman–Crippen LogP) is 2.37. The Labute approximate surface area is 136 Å². The monoisotopic (exact) mass is 325 g/mol. The zero-order valence-corrected chi connectivity index (χ0v) is 14.6. The molecule has 0 fully saturated rings. The summed E-state index contributed by atoms with van der Waals surface area (Å²) in [7, 11) is 0. The number of nitrogens with zero attached hydrogens (tertiary/aromatic N) is 2. The molecule has 5 nitrogen and oxygen atoms in total. The Bertz CT molecular complexity index is 476. The number of urea groups is 1. The molecule has 22 heavy (non-hydrogen) atoms. The molecule has 0 radical (unpaired) electrons. The molecule has 2 amide bonds. The van der Waals surface area contributed by atoms with E-state index >= 15 is 0 Å². The molecule has 1 aromatic rings. The fourth-order valence-electron chi connectivity index (χ4n) is 2.70. The van der Waals surface area contributed by atoms with Crippen LogP contribution in [0.4, 0.5) is 4.79 Å². The van der Waals surface area contributed by atoms with Crippen molar-refractivity contribution >= 4 is 17.4 Å². The number of amides is 2. The summed E-state index contributed by atoms with van der Waals surface area (Å²) >= 11 is 1.80. The van der Waals surface area contributed by atoms with Crippen LogP contribution in [0, 0.1) is 0 Å². The lowest BCUT2D eigenvalue weighted by molar-refractivity contribution is 0.119. The highest BCUT2D eigenvalue weighted by Crippen LogP contribution is 2.26. The van der Waals surface area contributed by atoms with Gasteiger partial charge in [0.1, 0.15) is 0 Å². The van der Waals surface area contributed by atoms with E-state index < -0.39 is 6.10 Å². The quantitative estimate of drug-likeness (QED) is 0.844. The first kappa shape index (κ1) is 17.2. The Balaban J connectivity index is 1.81. The highest BCUT2D eigenvalue weighted by atomic mass is 32.1. The number of carbonyl (C=O) groups is 1. The summed E-state index contributed by atoms with van der Waals surface area (Å²) in [5.41, 5.74) is 1.27. The average molecular weight is 325 g/mol. The van der Waals surface area contributed by atoms with Gasteiger partial charge in [-0.1, -0.05) is 0 Å². The van der Waals surface area contributed by atoms with Gasteiger partial charge in [-0.3, -0.25) is 0 Å². The summed E-state index contributed by atoms with van der Waals surface area (Å²) < 4.78 is 0. The topological polar surface area (TPSA) is 65.5 Å². The summed E-state index contributed by atoms with van der Waals surface area (Å²) in [6.07, 6.45) is 5.05. The second-order valence-corrected chi connectivity index (χ2v) is 7.43. The van der Waals surface area contributed by atoms with Gasteiger partial charge in [-0.15, -0.1) is 11.3 Å². The van der Waals surface area contributed by atoms with Crippen LogP contribution in [0.25, 0.3) is 0 Å². The van der Waals surface area contributed by atoms with E-state index in [9.17, 15) is 9.90 Å². The van der Waals surface area contributed by atoms with E-state index in [1.807, 2.05) is 13.8 Å². The second-order valence-electron chi connectivity index (χ2n) is 6.26. The van der Waals surface area contributed by atoms with Gasteiger partial charge in [0.05, 0.1) is 16.8 Å². The normalized spacial score (nSPS) is 15.5. The smallest absolute Gasteiger partial charge is 0.317 e. The van der Waals surface area contributed by atoms with Crippen molar-refractivity contribution in [2.24, 2.45) is 0 Å². The summed E-state index contributed by atoms with van der Waals surface area (Å²) in [5.74, 6) is 0. The maximum atomic E-state index is 12.2. The van der Waals surface area contributed by atoms with E-state index in [0.717, 1.165) is 24.3 Å². The van der Waals surface area contributed by atoms with Crippen LogP contribution < -0.4 is 5.32 Å². The molecule has 0 aromatic carbocycles. The molecular weight excluding hydrogens is 298 g/mol. The zero-order chi connectivity index (χ0) is 16.1. The van der Waals surface area contributed by atoms with E-state index in [1.165, 1.54) is 23.4 Å². The van der Waals surface area contributed by atoms with E-state index in [2.05, 4.69) is 10.3 Å². The predicted molar refractivity (Wildman–Crippen MR) is 89.4 cm³/mol. The molecule has 2 rings (SSSR count). The van der Waals surface area contributed by atoms with Gasteiger partial charge in [0.25, 0.3) is 0 Å². The third-order valence-electron chi connectivity index (χ3n) is 3.85. The first-order valence-corrected chi connectivity index (χ1v) is 8.99. The fraction of sp³-hybridized carbons (Fsp3) is 0.750. The Kier molecular flexibility index (Phi) is 6.20. The van der Waals surface area contributed by atoms with Crippen molar-refractivity contribution in [3.05, 3.63) is 15.6 Å². The van der Waals surface area contributed by atoms with Crippen LogP contribution in [0.2, 0.25) is 0 Å². The maximum absolute atomic E-state index is 12.2. The number of aromatic nitrogens is 1. The Morgan fingerprint density at radius 2 is 2.09 bits per heavy atom. The van der Waals surface area contributed by atoms with Gasteiger partial charge in [0.15, 0.2) is 0 Å². The lowest BCUT2D eigenvalue weighted by Gasteiger charge is -2.28. The van der Waals surface area contributed by atoms with Gasteiger partial charge in [-0.2, -0.15) is 0 Å². The Hall–Kier alpha value is -1.14. The standard InChI is InChI=1S/C16H27N3O2S/c1-11(2)19(10-12(3)20)16(21)17-9-8-15-18-13-6-4-5-7-14(13)22-15/h11-12,20H,4-10H2,1-3H3,(H,17,21). The first-order valence-electron chi connectivity index (χ1n) is 8.17. The highest BCUT2D eigenvalue weighted by Gasteiger charge is 2.19. The molecule has 124 valence electrons. The molecule has 0 aliphatic heterocycles. The maximum Gasteiger partial charge on any atom is 0.317 e. The van der Waals surface area contributed by atoms with Gasteiger partial charge in [-0.25, -0.2) is 9.78 Å². The zero-order valence-electron chi connectivity index (χ0n) is 13.8. The van der Waals surface area contributed by atoms with Gasteiger partial charge < -0.3 is 15.3 Å². The molecule has 1 unspecified atom stereocenters. The fourth-order valence-corrected chi connectivity index (χ4v) is 3.86. The van der Waals surface area contributed by atoms with Gasteiger partial charge in [-0.05, 0) is 46.5 Å². The molecule has 6 heteroatoms. The van der Waals surface area contributed by atoms with E-state index in [0.29, 0.717) is 13.1 Å². The van der Waals surface area contributed by atoms with Crippen LogP contribution in [-0.4, -0.2) is 46.3 Å². The third-order valence-corrected chi connectivity index (χ3v) is 5.07. The van der Waals surface area contributed by atoms with Crippen LogP contribution in [0.3, 0.4) is 0 Å². The molecular formula is C16H27N3O2S. The molecule has 1 aliphatic carbocycles. The van der Waals surface area contributed by atoms with E-state index in [1.54, 1.807) is 23.2 Å². The summed E-state index contributed by atoms with van der Waals surface area (Å²) in [5, 5.41) is 13.6. The van der Waals surface area contributed by atoms with Crippen molar-refractivity contribution in [2.45, 2.75) is 65.0 Å². The Morgan fingerprint density at radius 3 is 2.73 bits per heavy atom. The van der Waals surface area contributed by atoms with Crippen LogP contribution in [-0.2, 0) is 19.3 Å². The number of hydrogen-bond acceptors (Lipinski definition) is 4. The SMILES string of the molecule is CC(O)CN(C(=O)NCCc1nc2c(s1)CCCC2)C(C)C. The number of carbonyl (C=O) groups excluding carboxylic acids is 1. The van der Waals surface area contributed by atoms with Gasteiger partial charge in [0, 0.05) is 30.4 Å². The van der Waals surface area contributed by atoms with Crippen molar-refractivity contribution in [2.75, 3.05) is 13.1 Å². The van der Waals surface area contributed by atoms with E-state index in [4.69, 9.17) is 0 Å². The number of fused-ring (bicyclic) bond motifs is 1. The minimum atomic E-state index is -0.515. The lowest BCUT2D eigenvalue weighted by atomic mass is 10.0. The minimum Gasteiger partial charge on any atom is -0.392 e.